The number of aliphatic hydroxyl groups is 3. The SMILES string of the molecule is CO[C@H]1O[C@H](CO)[C@@H](O)[C@H](O)[C@H]1OC(=O)c1cc(Cl)c(OCc2cccc(CNC(=O)[C@H](CCC(C)C)N(C)C(=O)OC(C)(C)C)c2)c(Cl)c1C. The van der Waals surface area contributed by atoms with Crippen LogP contribution in [0.25, 0.3) is 0 Å². The largest absolute Gasteiger partial charge is 0.486 e. The zero-order valence-electron chi connectivity index (χ0n) is 30.3. The van der Waals surface area contributed by atoms with Gasteiger partial charge in [0.25, 0.3) is 0 Å². The number of hydrogen-bond acceptors (Lipinski definition) is 11. The fourth-order valence-electron chi connectivity index (χ4n) is 5.34. The molecular weight excluding hydrogens is 707 g/mol. The molecule has 0 saturated carbocycles. The summed E-state index contributed by atoms with van der Waals surface area (Å²) in [5.74, 6) is -0.746. The van der Waals surface area contributed by atoms with Gasteiger partial charge in [-0.1, -0.05) is 61.3 Å². The summed E-state index contributed by atoms with van der Waals surface area (Å²) in [5.41, 5.74) is 1.11. The second kappa shape index (κ2) is 18.5. The molecule has 1 fully saturated rings. The molecule has 4 N–H and O–H groups in total. The molecule has 0 aromatic heterocycles. The number of aliphatic hydroxyl groups excluding tert-OH is 3. The number of halogens is 2. The molecule has 1 aliphatic heterocycles. The quantitative estimate of drug-likeness (QED) is 0.196. The number of methoxy groups -OCH3 is 1. The molecule has 0 unspecified atom stereocenters. The van der Waals surface area contributed by atoms with E-state index in [0.29, 0.717) is 12.3 Å². The fourth-order valence-corrected chi connectivity index (χ4v) is 5.91. The van der Waals surface area contributed by atoms with Gasteiger partial charge >= 0.3 is 12.1 Å². The highest BCUT2D eigenvalue weighted by Gasteiger charge is 2.47. The third-order valence-electron chi connectivity index (χ3n) is 8.25. The summed E-state index contributed by atoms with van der Waals surface area (Å²) in [5, 5.41) is 33.2. The molecule has 3 rings (SSSR count). The third kappa shape index (κ3) is 11.4. The lowest BCUT2D eigenvalue weighted by molar-refractivity contribution is -0.293. The molecule has 2 aromatic rings. The molecule has 15 heteroatoms. The topological polar surface area (TPSA) is 173 Å². The van der Waals surface area contributed by atoms with Crippen LogP contribution in [0.3, 0.4) is 0 Å². The van der Waals surface area contributed by atoms with Crippen LogP contribution in [0.4, 0.5) is 4.79 Å². The number of nitrogens with zero attached hydrogens (tertiary/aromatic N) is 1. The van der Waals surface area contributed by atoms with E-state index in [1.165, 1.54) is 18.1 Å². The van der Waals surface area contributed by atoms with Crippen LogP contribution >= 0.6 is 23.2 Å². The molecule has 284 valence electrons. The lowest BCUT2D eigenvalue weighted by Crippen LogP contribution is -2.60. The Kier molecular flexibility index (Phi) is 15.4. The van der Waals surface area contributed by atoms with Gasteiger partial charge in [-0.2, -0.15) is 0 Å². The molecule has 0 radical (unpaired) electrons. The van der Waals surface area contributed by atoms with Crippen molar-refractivity contribution in [1.29, 1.82) is 0 Å². The van der Waals surface area contributed by atoms with Gasteiger partial charge in [0.15, 0.2) is 18.1 Å². The number of likely N-dealkylation sites (N-methyl/N-ethyl adjacent to an activating group) is 1. The maximum atomic E-state index is 13.3. The average Bonchev–Trinajstić information content (AvgIpc) is 3.06. The van der Waals surface area contributed by atoms with E-state index in [1.54, 1.807) is 34.7 Å². The minimum absolute atomic E-state index is 0.0140. The summed E-state index contributed by atoms with van der Waals surface area (Å²) >= 11 is 13.1. The predicted molar refractivity (Wildman–Crippen MR) is 190 cm³/mol. The summed E-state index contributed by atoms with van der Waals surface area (Å²) in [6.45, 7) is 10.7. The molecule has 0 spiro atoms. The van der Waals surface area contributed by atoms with Crippen molar-refractivity contribution in [2.75, 3.05) is 20.8 Å². The first-order valence-corrected chi connectivity index (χ1v) is 17.4. The lowest BCUT2D eigenvalue weighted by Gasteiger charge is -2.40. The Morgan fingerprint density at radius 2 is 1.73 bits per heavy atom. The van der Waals surface area contributed by atoms with Crippen molar-refractivity contribution in [3.8, 4) is 5.75 Å². The van der Waals surface area contributed by atoms with Gasteiger partial charge in [-0.05, 0) is 69.2 Å². The fraction of sp³-hybridized carbons (Fsp3) is 0.583. The van der Waals surface area contributed by atoms with Crippen molar-refractivity contribution in [2.45, 2.75) is 110 Å². The monoisotopic (exact) mass is 756 g/mol. The van der Waals surface area contributed by atoms with Crippen LogP contribution in [0.5, 0.6) is 5.75 Å². The second-order valence-corrected chi connectivity index (χ2v) is 14.7. The van der Waals surface area contributed by atoms with Gasteiger partial charge in [0, 0.05) is 20.7 Å². The van der Waals surface area contributed by atoms with E-state index >= 15 is 0 Å². The van der Waals surface area contributed by atoms with Crippen molar-refractivity contribution in [2.24, 2.45) is 5.92 Å². The number of hydrogen-bond donors (Lipinski definition) is 4. The minimum atomic E-state index is -1.60. The third-order valence-corrected chi connectivity index (χ3v) is 8.99. The number of esters is 1. The van der Waals surface area contributed by atoms with E-state index in [2.05, 4.69) is 19.2 Å². The molecular formula is C36H50Cl2N2O11. The number of nitrogens with one attached hydrogen (secondary N) is 1. The number of amides is 2. The van der Waals surface area contributed by atoms with Crippen molar-refractivity contribution >= 4 is 41.2 Å². The molecule has 6 atom stereocenters. The van der Waals surface area contributed by atoms with Gasteiger partial charge in [0.05, 0.1) is 22.2 Å². The number of benzene rings is 2. The van der Waals surface area contributed by atoms with E-state index < -0.39 is 61.0 Å². The van der Waals surface area contributed by atoms with E-state index in [1.807, 2.05) is 24.3 Å². The van der Waals surface area contributed by atoms with Crippen LogP contribution in [-0.2, 0) is 36.9 Å². The zero-order chi connectivity index (χ0) is 38.2. The summed E-state index contributed by atoms with van der Waals surface area (Å²) in [6.07, 6.45) is -6.29. The van der Waals surface area contributed by atoms with Crippen LogP contribution in [0, 0.1) is 12.8 Å². The van der Waals surface area contributed by atoms with Crippen LogP contribution in [0.15, 0.2) is 30.3 Å². The standard InChI is InChI=1S/C36H50Cl2N2O11/c1-19(2)12-13-25(40(7)35(46)51-36(4,5)6)32(44)39-16-21-10-9-11-22(14-21)18-48-30-24(37)15-23(20(3)27(30)38)33(45)50-31-29(43)28(42)26(17-41)49-34(31)47-8/h9-11,14-15,19,25-26,28-29,31,34,41-43H,12-13,16-18H2,1-8H3,(H,39,44)/t25-,26+,28+,29-,31+,34-/m0/s1. The molecule has 0 aliphatic carbocycles. The van der Waals surface area contributed by atoms with Gasteiger partial charge in [0.2, 0.25) is 5.91 Å². The Bertz CT molecular complexity index is 1510. The second-order valence-electron chi connectivity index (χ2n) is 13.9. The van der Waals surface area contributed by atoms with E-state index in [-0.39, 0.29) is 46.0 Å². The van der Waals surface area contributed by atoms with E-state index in [9.17, 15) is 29.7 Å². The van der Waals surface area contributed by atoms with Gasteiger partial charge < -0.3 is 44.3 Å². The molecule has 1 saturated heterocycles. The Hall–Kier alpha value is -3.17. The first kappa shape index (κ1) is 42.2. The lowest BCUT2D eigenvalue weighted by atomic mass is 9.99. The number of ether oxygens (including phenoxy) is 5. The van der Waals surface area contributed by atoms with Crippen molar-refractivity contribution in [1.82, 2.24) is 10.2 Å². The molecule has 2 amide bonds. The Labute approximate surface area is 309 Å². The van der Waals surface area contributed by atoms with Crippen molar-refractivity contribution < 1.29 is 53.4 Å². The highest BCUT2D eigenvalue weighted by atomic mass is 35.5. The van der Waals surface area contributed by atoms with Gasteiger partial charge in [-0.3, -0.25) is 9.69 Å². The summed E-state index contributed by atoms with van der Waals surface area (Å²) in [7, 11) is 2.83. The van der Waals surface area contributed by atoms with Crippen LogP contribution < -0.4 is 10.1 Å². The molecule has 1 aliphatic rings. The summed E-state index contributed by atoms with van der Waals surface area (Å²) in [6, 6.07) is 7.94. The molecule has 51 heavy (non-hydrogen) atoms. The van der Waals surface area contributed by atoms with Crippen molar-refractivity contribution in [3.63, 3.8) is 0 Å². The molecule has 2 aromatic carbocycles. The van der Waals surface area contributed by atoms with Gasteiger partial charge in [-0.15, -0.1) is 0 Å². The van der Waals surface area contributed by atoms with Crippen LogP contribution in [0.1, 0.15) is 74.5 Å². The van der Waals surface area contributed by atoms with Gasteiger partial charge in [0.1, 0.15) is 36.6 Å². The minimum Gasteiger partial charge on any atom is -0.486 e. The van der Waals surface area contributed by atoms with Crippen LogP contribution in [0.2, 0.25) is 10.0 Å². The highest BCUT2D eigenvalue weighted by molar-refractivity contribution is 6.38. The average molecular weight is 758 g/mol. The highest BCUT2D eigenvalue weighted by Crippen LogP contribution is 2.39. The van der Waals surface area contributed by atoms with Crippen molar-refractivity contribution in [3.05, 3.63) is 62.6 Å². The summed E-state index contributed by atoms with van der Waals surface area (Å²) in [4.78, 5) is 40.6. The molecule has 13 nitrogen and oxygen atoms in total. The summed E-state index contributed by atoms with van der Waals surface area (Å²) < 4.78 is 27.5. The van der Waals surface area contributed by atoms with E-state index in [0.717, 1.165) is 17.5 Å². The maximum Gasteiger partial charge on any atom is 0.410 e. The molecule has 1 heterocycles. The van der Waals surface area contributed by atoms with Gasteiger partial charge in [-0.25, -0.2) is 9.59 Å². The van der Waals surface area contributed by atoms with Crippen LogP contribution in [-0.4, -0.2) is 101 Å². The Morgan fingerprint density at radius 3 is 2.33 bits per heavy atom. The normalized spacial score (nSPS) is 21.2. The van der Waals surface area contributed by atoms with E-state index in [4.69, 9.17) is 46.9 Å². The maximum absolute atomic E-state index is 13.3. The number of rotatable bonds is 14. The smallest absolute Gasteiger partial charge is 0.410 e. The number of carbonyl (C=O) groups is 3. The first-order valence-electron chi connectivity index (χ1n) is 16.7. The zero-order valence-corrected chi connectivity index (χ0v) is 31.8. The first-order chi connectivity index (χ1) is 23.9. The molecule has 0 bridgehead atoms. The number of carbonyl (C=O) groups excluding carboxylic acids is 3. The Balaban J connectivity index is 1.68. The Morgan fingerprint density at radius 1 is 1.06 bits per heavy atom. The predicted octanol–water partition coefficient (Wildman–Crippen LogP) is 4.78.